The van der Waals surface area contributed by atoms with Gasteiger partial charge >= 0.3 is 0 Å². The predicted octanol–water partition coefficient (Wildman–Crippen LogP) is 3.00. The highest BCUT2D eigenvalue weighted by molar-refractivity contribution is 5.94. The molecule has 2 bridgehead atoms. The third kappa shape index (κ3) is 3.08. The van der Waals surface area contributed by atoms with Gasteiger partial charge in [0.05, 0.1) is 5.92 Å². The first kappa shape index (κ1) is 18.2. The molecule has 0 aromatic carbocycles. The molecule has 0 radical (unpaired) electrons. The molecule has 3 unspecified atom stereocenters. The standard InChI is InChI=1S/C20H29N5O2/c1-14(2)25-16(6-9-21-25)20-8-5-15(13-20)18(20)19(26)22-17-7-11-24(23-17)10-4-12-27-3/h6-7,9,11,14-15,18H,4-5,8,10,12-13H2,1-3H3,(H,22,23,26). The van der Waals surface area contributed by atoms with Crippen LogP contribution in [0.1, 0.15) is 51.3 Å². The summed E-state index contributed by atoms with van der Waals surface area (Å²) < 4.78 is 9.02. The zero-order valence-electron chi connectivity index (χ0n) is 16.4. The van der Waals surface area contributed by atoms with Crippen molar-refractivity contribution in [2.24, 2.45) is 11.8 Å². The maximum absolute atomic E-state index is 13.1. The van der Waals surface area contributed by atoms with E-state index in [0.29, 0.717) is 24.4 Å². The smallest absolute Gasteiger partial charge is 0.229 e. The van der Waals surface area contributed by atoms with Gasteiger partial charge in [-0.3, -0.25) is 14.2 Å². The first-order chi connectivity index (χ1) is 13.0. The number of ether oxygens (including phenoxy) is 1. The number of carbonyl (C=O) groups excluding carboxylic acids is 1. The number of fused-ring (bicyclic) bond motifs is 1. The number of nitrogens with one attached hydrogen (secondary N) is 1. The van der Waals surface area contributed by atoms with Crippen LogP contribution in [0.5, 0.6) is 0 Å². The molecule has 1 amide bonds. The molecule has 7 heteroatoms. The summed E-state index contributed by atoms with van der Waals surface area (Å²) >= 11 is 0. The first-order valence-electron chi connectivity index (χ1n) is 9.92. The molecule has 2 aromatic rings. The Bertz CT molecular complexity index is 807. The second-order valence-corrected chi connectivity index (χ2v) is 8.19. The number of methoxy groups -OCH3 is 1. The summed E-state index contributed by atoms with van der Waals surface area (Å²) in [6, 6.07) is 4.28. The Kier molecular flexibility index (Phi) is 4.80. The van der Waals surface area contributed by atoms with E-state index in [1.165, 1.54) is 5.69 Å². The van der Waals surface area contributed by atoms with Gasteiger partial charge in [-0.25, -0.2) is 0 Å². The lowest BCUT2D eigenvalue weighted by molar-refractivity contribution is -0.127. The third-order valence-electron chi connectivity index (χ3n) is 6.23. The first-order valence-corrected chi connectivity index (χ1v) is 9.92. The van der Waals surface area contributed by atoms with Crippen LogP contribution >= 0.6 is 0 Å². The summed E-state index contributed by atoms with van der Waals surface area (Å²) in [5.41, 5.74) is 1.16. The van der Waals surface area contributed by atoms with E-state index in [2.05, 4.69) is 40.1 Å². The van der Waals surface area contributed by atoms with Crippen LogP contribution in [0.4, 0.5) is 5.82 Å². The maximum Gasteiger partial charge on any atom is 0.229 e. The van der Waals surface area contributed by atoms with Crippen molar-refractivity contribution in [1.29, 1.82) is 0 Å². The molecule has 2 heterocycles. The molecule has 7 nitrogen and oxygen atoms in total. The van der Waals surface area contributed by atoms with E-state index >= 15 is 0 Å². The van der Waals surface area contributed by atoms with Gasteiger partial charge < -0.3 is 10.1 Å². The number of nitrogens with zero attached hydrogens (tertiary/aromatic N) is 4. The van der Waals surface area contributed by atoms with Crippen molar-refractivity contribution in [1.82, 2.24) is 19.6 Å². The number of aromatic nitrogens is 4. The van der Waals surface area contributed by atoms with Crippen molar-refractivity contribution < 1.29 is 9.53 Å². The van der Waals surface area contributed by atoms with Crippen LogP contribution in [-0.2, 0) is 21.5 Å². The highest BCUT2D eigenvalue weighted by Crippen LogP contribution is 2.64. The van der Waals surface area contributed by atoms with Gasteiger partial charge in [-0.15, -0.1) is 0 Å². The zero-order valence-corrected chi connectivity index (χ0v) is 16.4. The Morgan fingerprint density at radius 3 is 3.04 bits per heavy atom. The molecule has 2 aromatic heterocycles. The topological polar surface area (TPSA) is 74.0 Å². The van der Waals surface area contributed by atoms with Crippen molar-refractivity contribution >= 4 is 11.7 Å². The fourth-order valence-corrected chi connectivity index (χ4v) is 5.08. The average Bonchev–Trinajstić information content (AvgIpc) is 3.37. The summed E-state index contributed by atoms with van der Waals surface area (Å²) in [5, 5.41) is 12.0. The lowest BCUT2D eigenvalue weighted by Crippen LogP contribution is -2.51. The Hall–Kier alpha value is -2.15. The van der Waals surface area contributed by atoms with Crippen LogP contribution in [0, 0.1) is 11.8 Å². The van der Waals surface area contributed by atoms with E-state index in [1.807, 2.05) is 23.1 Å². The van der Waals surface area contributed by atoms with Crippen LogP contribution in [0.25, 0.3) is 0 Å². The fourth-order valence-electron chi connectivity index (χ4n) is 5.08. The van der Waals surface area contributed by atoms with Crippen molar-refractivity contribution in [2.75, 3.05) is 19.0 Å². The molecule has 0 saturated heterocycles. The molecule has 3 atom stereocenters. The number of amides is 1. The molecule has 3 aliphatic rings. The van der Waals surface area contributed by atoms with Crippen molar-refractivity contribution in [3.8, 4) is 0 Å². The Morgan fingerprint density at radius 1 is 1.44 bits per heavy atom. The highest BCUT2D eigenvalue weighted by Gasteiger charge is 2.64. The monoisotopic (exact) mass is 371 g/mol. The van der Waals surface area contributed by atoms with Crippen molar-refractivity contribution in [2.45, 2.75) is 57.5 Å². The van der Waals surface area contributed by atoms with E-state index in [0.717, 1.165) is 32.2 Å². The second kappa shape index (κ2) is 7.11. The average molecular weight is 371 g/mol. The number of anilines is 1. The maximum atomic E-state index is 13.1. The van der Waals surface area contributed by atoms with Gasteiger partial charge in [0.15, 0.2) is 5.82 Å². The molecule has 0 aliphatic heterocycles. The van der Waals surface area contributed by atoms with E-state index < -0.39 is 0 Å². The minimum absolute atomic E-state index is 0.0188. The Balaban J connectivity index is 1.47. The minimum Gasteiger partial charge on any atom is -0.385 e. The number of aryl methyl sites for hydroxylation is 1. The van der Waals surface area contributed by atoms with Gasteiger partial charge in [0.2, 0.25) is 5.91 Å². The summed E-state index contributed by atoms with van der Waals surface area (Å²) in [6.45, 7) is 5.78. The molecule has 3 fully saturated rings. The Labute approximate surface area is 160 Å². The van der Waals surface area contributed by atoms with Gasteiger partial charge in [-0.1, -0.05) is 0 Å². The number of rotatable bonds is 8. The summed E-state index contributed by atoms with van der Waals surface area (Å²) in [6.07, 6.45) is 7.95. The van der Waals surface area contributed by atoms with Crippen LogP contribution < -0.4 is 5.32 Å². The molecule has 5 rings (SSSR count). The van der Waals surface area contributed by atoms with Crippen molar-refractivity contribution in [3.63, 3.8) is 0 Å². The van der Waals surface area contributed by atoms with Crippen molar-refractivity contribution in [3.05, 3.63) is 30.2 Å². The second-order valence-electron chi connectivity index (χ2n) is 8.19. The summed E-state index contributed by atoms with van der Waals surface area (Å²) in [5.74, 6) is 1.23. The number of hydrogen-bond acceptors (Lipinski definition) is 4. The van der Waals surface area contributed by atoms with Gasteiger partial charge in [0.1, 0.15) is 0 Å². The van der Waals surface area contributed by atoms with E-state index in [1.54, 1.807) is 7.11 Å². The van der Waals surface area contributed by atoms with Gasteiger partial charge in [-0.2, -0.15) is 10.2 Å². The molecule has 1 N–H and O–H groups in total. The molecule has 3 aliphatic carbocycles. The minimum atomic E-state index is -0.0590. The van der Waals surface area contributed by atoms with Gasteiger partial charge in [-0.05, 0) is 51.5 Å². The zero-order chi connectivity index (χ0) is 19.0. The lowest BCUT2D eigenvalue weighted by atomic mass is 9.58. The molecule has 146 valence electrons. The lowest BCUT2D eigenvalue weighted by Gasteiger charge is -2.46. The van der Waals surface area contributed by atoms with E-state index in [9.17, 15) is 4.79 Å². The van der Waals surface area contributed by atoms with Crippen LogP contribution in [-0.4, -0.2) is 39.2 Å². The van der Waals surface area contributed by atoms with Crippen LogP contribution in [0.15, 0.2) is 24.5 Å². The number of hydrogen-bond donors (Lipinski definition) is 1. The molecular weight excluding hydrogens is 342 g/mol. The molecule has 27 heavy (non-hydrogen) atoms. The molecule has 3 saturated carbocycles. The molecular formula is C20H29N5O2. The predicted molar refractivity (Wildman–Crippen MR) is 102 cm³/mol. The fraction of sp³-hybridized carbons (Fsp3) is 0.650. The van der Waals surface area contributed by atoms with Gasteiger partial charge in [0, 0.05) is 55.9 Å². The largest absolute Gasteiger partial charge is 0.385 e. The molecule has 0 spiro atoms. The quantitative estimate of drug-likeness (QED) is 0.724. The van der Waals surface area contributed by atoms with Gasteiger partial charge in [0.25, 0.3) is 0 Å². The van der Waals surface area contributed by atoms with Crippen LogP contribution in [0.2, 0.25) is 0 Å². The summed E-state index contributed by atoms with van der Waals surface area (Å²) in [7, 11) is 1.70. The van der Waals surface area contributed by atoms with Crippen LogP contribution in [0.3, 0.4) is 0 Å². The normalized spacial score (nSPS) is 26.4. The highest BCUT2D eigenvalue weighted by atomic mass is 16.5. The van der Waals surface area contributed by atoms with E-state index in [4.69, 9.17) is 4.74 Å². The van der Waals surface area contributed by atoms with E-state index in [-0.39, 0.29) is 17.2 Å². The SMILES string of the molecule is COCCCn1ccc(NC(=O)C2C3CCC2(c2ccnn2C(C)C)C3)n1. The summed E-state index contributed by atoms with van der Waals surface area (Å²) in [4.78, 5) is 13.1. The third-order valence-corrected chi connectivity index (χ3v) is 6.23. The Morgan fingerprint density at radius 2 is 2.30 bits per heavy atom. The number of carbonyl (C=O) groups is 1.